The third-order valence-corrected chi connectivity index (χ3v) is 3.69. The van der Waals surface area contributed by atoms with Crippen LogP contribution in [0.25, 0.3) is 0 Å². The molecule has 0 heterocycles. The van der Waals surface area contributed by atoms with E-state index in [1.807, 2.05) is 37.3 Å². The van der Waals surface area contributed by atoms with Crippen molar-refractivity contribution in [3.63, 3.8) is 0 Å². The molecule has 0 atom stereocenters. The van der Waals surface area contributed by atoms with Gasteiger partial charge in [-0.25, -0.2) is 4.79 Å². The highest BCUT2D eigenvalue weighted by Crippen LogP contribution is 2.22. The van der Waals surface area contributed by atoms with Crippen LogP contribution in [0.15, 0.2) is 48.5 Å². The maximum atomic E-state index is 12.2. The highest BCUT2D eigenvalue weighted by Gasteiger charge is 2.17. The third-order valence-electron chi connectivity index (χ3n) is 3.46. The lowest BCUT2D eigenvalue weighted by Crippen LogP contribution is -2.34. The van der Waals surface area contributed by atoms with Crippen LogP contribution in [0, 0.1) is 0 Å². The van der Waals surface area contributed by atoms with Crippen LogP contribution < -0.4 is 0 Å². The number of aromatic hydroxyl groups is 1. The lowest BCUT2D eigenvalue weighted by atomic mass is 10.2. The van der Waals surface area contributed by atoms with Crippen molar-refractivity contribution in [3.8, 4) is 5.75 Å². The monoisotopic (exact) mass is 347 g/mol. The molecule has 126 valence electrons. The molecule has 0 spiro atoms. The molecule has 5 nitrogen and oxygen atoms in total. The molecule has 0 aliphatic rings. The second kappa shape index (κ2) is 8.36. The number of nitrogens with zero attached hydrogens (tertiary/aromatic N) is 1. The number of hydrogen-bond acceptors (Lipinski definition) is 4. The average molecular weight is 348 g/mol. The SMILES string of the molecule is CCN(Cc1ccccc1)C(=O)COC(=O)c1ccc(Cl)cc1O. The van der Waals surface area contributed by atoms with Crippen molar-refractivity contribution < 1.29 is 19.4 Å². The van der Waals surface area contributed by atoms with E-state index in [0.29, 0.717) is 18.1 Å². The Morgan fingerprint density at radius 3 is 2.50 bits per heavy atom. The molecule has 0 saturated carbocycles. The zero-order chi connectivity index (χ0) is 17.5. The Bertz CT molecular complexity index is 718. The Balaban J connectivity index is 1.94. The number of hydrogen-bond donors (Lipinski definition) is 1. The number of ether oxygens (including phenoxy) is 1. The van der Waals surface area contributed by atoms with E-state index in [1.165, 1.54) is 18.2 Å². The molecule has 1 amide bonds. The first kappa shape index (κ1) is 17.8. The van der Waals surface area contributed by atoms with Crippen LogP contribution in [-0.2, 0) is 16.1 Å². The summed E-state index contributed by atoms with van der Waals surface area (Å²) in [7, 11) is 0. The van der Waals surface area contributed by atoms with Crippen molar-refractivity contribution in [3.05, 3.63) is 64.7 Å². The van der Waals surface area contributed by atoms with Gasteiger partial charge in [-0.15, -0.1) is 0 Å². The predicted molar refractivity (Wildman–Crippen MR) is 90.9 cm³/mol. The number of likely N-dealkylation sites (N-methyl/N-ethyl adjacent to an activating group) is 1. The Kier molecular flexibility index (Phi) is 6.21. The van der Waals surface area contributed by atoms with Gasteiger partial charge in [0.25, 0.3) is 5.91 Å². The van der Waals surface area contributed by atoms with Gasteiger partial charge in [-0.3, -0.25) is 4.79 Å². The van der Waals surface area contributed by atoms with Gasteiger partial charge in [-0.2, -0.15) is 0 Å². The van der Waals surface area contributed by atoms with Gasteiger partial charge in [0.2, 0.25) is 0 Å². The molecule has 0 unspecified atom stereocenters. The van der Waals surface area contributed by atoms with Gasteiger partial charge in [-0.05, 0) is 30.7 Å². The molecule has 1 N–H and O–H groups in total. The number of carbonyl (C=O) groups excluding carboxylic acids is 2. The minimum atomic E-state index is -0.770. The summed E-state index contributed by atoms with van der Waals surface area (Å²) in [5.41, 5.74) is 0.965. The summed E-state index contributed by atoms with van der Waals surface area (Å²) in [6.45, 7) is 2.41. The standard InChI is InChI=1S/C18H18ClNO4/c1-2-20(11-13-6-4-3-5-7-13)17(22)12-24-18(23)15-9-8-14(19)10-16(15)21/h3-10,21H,2,11-12H2,1H3. The minimum Gasteiger partial charge on any atom is -0.507 e. The van der Waals surface area contributed by atoms with Crippen LogP contribution >= 0.6 is 11.6 Å². The smallest absolute Gasteiger partial charge is 0.342 e. The summed E-state index contributed by atoms with van der Waals surface area (Å²) in [5, 5.41) is 10.0. The molecule has 0 aliphatic carbocycles. The van der Waals surface area contributed by atoms with E-state index in [9.17, 15) is 14.7 Å². The summed E-state index contributed by atoms with van der Waals surface area (Å²) in [6.07, 6.45) is 0. The maximum Gasteiger partial charge on any atom is 0.342 e. The van der Waals surface area contributed by atoms with E-state index in [4.69, 9.17) is 16.3 Å². The maximum absolute atomic E-state index is 12.2. The van der Waals surface area contributed by atoms with Crippen LogP contribution in [-0.4, -0.2) is 35.0 Å². The van der Waals surface area contributed by atoms with Crippen molar-refractivity contribution >= 4 is 23.5 Å². The highest BCUT2D eigenvalue weighted by molar-refractivity contribution is 6.30. The fraction of sp³-hybridized carbons (Fsp3) is 0.222. The number of halogens is 1. The summed E-state index contributed by atoms with van der Waals surface area (Å²) < 4.78 is 5.00. The van der Waals surface area contributed by atoms with E-state index in [-0.39, 0.29) is 23.8 Å². The van der Waals surface area contributed by atoms with E-state index in [0.717, 1.165) is 5.56 Å². The summed E-state index contributed by atoms with van der Waals surface area (Å²) in [4.78, 5) is 25.8. The number of phenols is 1. The van der Waals surface area contributed by atoms with Gasteiger partial charge >= 0.3 is 5.97 Å². The Hall–Kier alpha value is -2.53. The van der Waals surface area contributed by atoms with E-state index < -0.39 is 5.97 Å². The Labute approximate surface area is 145 Å². The van der Waals surface area contributed by atoms with Crippen LogP contribution in [0.3, 0.4) is 0 Å². The van der Waals surface area contributed by atoms with Crippen LogP contribution in [0.4, 0.5) is 0 Å². The van der Waals surface area contributed by atoms with E-state index >= 15 is 0 Å². The second-order valence-corrected chi connectivity index (χ2v) is 5.57. The minimum absolute atomic E-state index is 0.0293. The Morgan fingerprint density at radius 2 is 1.88 bits per heavy atom. The fourth-order valence-electron chi connectivity index (χ4n) is 2.15. The zero-order valence-electron chi connectivity index (χ0n) is 13.2. The van der Waals surface area contributed by atoms with Gasteiger partial charge in [-0.1, -0.05) is 41.9 Å². The first-order chi connectivity index (χ1) is 11.5. The molecule has 0 fully saturated rings. The molecule has 2 aromatic carbocycles. The van der Waals surface area contributed by atoms with Crippen molar-refractivity contribution in [2.45, 2.75) is 13.5 Å². The topological polar surface area (TPSA) is 66.8 Å². The van der Waals surface area contributed by atoms with Gasteiger partial charge in [0, 0.05) is 18.1 Å². The molecule has 0 radical (unpaired) electrons. The largest absolute Gasteiger partial charge is 0.507 e. The molecule has 0 bridgehead atoms. The van der Waals surface area contributed by atoms with E-state index in [1.54, 1.807) is 4.90 Å². The van der Waals surface area contributed by atoms with Gasteiger partial charge in [0.15, 0.2) is 6.61 Å². The number of rotatable bonds is 6. The molecule has 0 aromatic heterocycles. The van der Waals surface area contributed by atoms with Crippen LogP contribution in [0.5, 0.6) is 5.75 Å². The number of benzene rings is 2. The van der Waals surface area contributed by atoms with Crippen molar-refractivity contribution in [1.82, 2.24) is 4.90 Å². The van der Waals surface area contributed by atoms with Crippen LogP contribution in [0.2, 0.25) is 5.02 Å². The molecule has 2 rings (SSSR count). The first-order valence-electron chi connectivity index (χ1n) is 7.48. The predicted octanol–water partition coefficient (Wildman–Crippen LogP) is 3.25. The van der Waals surface area contributed by atoms with E-state index in [2.05, 4.69) is 0 Å². The molecular weight excluding hydrogens is 330 g/mol. The van der Waals surface area contributed by atoms with Crippen molar-refractivity contribution in [1.29, 1.82) is 0 Å². The molecule has 0 aliphatic heterocycles. The number of amides is 1. The lowest BCUT2D eigenvalue weighted by Gasteiger charge is -2.20. The first-order valence-corrected chi connectivity index (χ1v) is 7.86. The molecule has 24 heavy (non-hydrogen) atoms. The second-order valence-electron chi connectivity index (χ2n) is 5.13. The van der Waals surface area contributed by atoms with Crippen LogP contribution in [0.1, 0.15) is 22.8 Å². The molecule has 0 saturated heterocycles. The third kappa shape index (κ3) is 4.73. The van der Waals surface area contributed by atoms with Gasteiger partial charge in [0.05, 0.1) is 0 Å². The fourth-order valence-corrected chi connectivity index (χ4v) is 2.32. The quantitative estimate of drug-likeness (QED) is 0.814. The number of esters is 1. The zero-order valence-corrected chi connectivity index (χ0v) is 14.0. The molecular formula is C18H18ClNO4. The summed E-state index contributed by atoms with van der Waals surface area (Å²) in [5.74, 6) is -1.35. The van der Waals surface area contributed by atoms with Gasteiger partial charge < -0.3 is 14.7 Å². The van der Waals surface area contributed by atoms with Crippen molar-refractivity contribution in [2.75, 3.05) is 13.2 Å². The number of phenolic OH excluding ortho intramolecular Hbond substituents is 1. The number of carbonyl (C=O) groups is 2. The molecule has 6 heteroatoms. The molecule has 2 aromatic rings. The average Bonchev–Trinajstić information content (AvgIpc) is 2.58. The van der Waals surface area contributed by atoms with Crippen molar-refractivity contribution in [2.24, 2.45) is 0 Å². The van der Waals surface area contributed by atoms with Gasteiger partial charge in [0.1, 0.15) is 11.3 Å². The lowest BCUT2D eigenvalue weighted by molar-refractivity contribution is -0.134. The Morgan fingerprint density at radius 1 is 1.17 bits per heavy atom. The summed E-state index contributed by atoms with van der Waals surface area (Å²) >= 11 is 5.71. The highest BCUT2D eigenvalue weighted by atomic mass is 35.5. The normalized spacial score (nSPS) is 10.2. The summed E-state index contributed by atoms with van der Waals surface area (Å²) in [6, 6.07) is 13.6.